The van der Waals surface area contributed by atoms with Gasteiger partial charge in [-0.05, 0) is 12.8 Å². The van der Waals surface area contributed by atoms with Gasteiger partial charge in [-0.15, -0.1) is 26.2 Å². The molecule has 2 aliphatic rings. The molecule has 0 bridgehead atoms. The van der Waals surface area contributed by atoms with Gasteiger partial charge in [-0.2, -0.15) is 0 Å². The van der Waals surface area contributed by atoms with Gasteiger partial charge in [-0.3, -0.25) is 38.4 Å². The Hall–Kier alpha value is -3.28. The van der Waals surface area contributed by atoms with Crippen LogP contribution in [0.4, 0.5) is 0 Å². The summed E-state index contributed by atoms with van der Waals surface area (Å²) in [6, 6.07) is 0. The molecule has 0 aromatic rings. The molecule has 0 spiro atoms. The van der Waals surface area contributed by atoms with Crippen molar-refractivity contribution in [3.05, 3.63) is 10.6 Å². The maximum atomic E-state index is 10.5. The normalized spacial score (nSPS) is 19.3. The van der Waals surface area contributed by atoms with Crippen LogP contribution in [0.1, 0.15) is 40.5 Å². The van der Waals surface area contributed by atoms with E-state index in [0.717, 1.165) is 27.7 Å². The average molecular weight is 712 g/mol. The van der Waals surface area contributed by atoms with Crippen molar-refractivity contribution < 1.29 is 113 Å². The van der Waals surface area contributed by atoms with Gasteiger partial charge in [0.15, 0.2) is 0 Å². The molecule has 18 nitrogen and oxygen atoms in total. The van der Waals surface area contributed by atoms with Gasteiger partial charge < -0.3 is 51.5 Å². The van der Waals surface area contributed by atoms with E-state index >= 15 is 0 Å². The molecule has 0 aromatic carbocycles. The number of hydrogen-bond acceptors (Lipinski definition) is 8. The second-order valence-electron chi connectivity index (χ2n) is 7.87. The molecule has 42 heavy (non-hydrogen) atoms. The summed E-state index contributed by atoms with van der Waals surface area (Å²) >= 11 is 0. The molecular formula is C22H36Cu2N2O16. The molecule has 20 heteroatoms. The maximum absolute atomic E-state index is 10.5. The van der Waals surface area contributed by atoms with Crippen LogP contribution < -0.4 is 0 Å². The van der Waals surface area contributed by atoms with Crippen LogP contribution in [0.3, 0.4) is 0 Å². The summed E-state index contributed by atoms with van der Waals surface area (Å²) in [7, 11) is 0. The number of nitrogens with zero attached hydrogens (tertiary/aromatic N) is 2. The number of carboxylic acid groups (broad SMARTS) is 8. The average Bonchev–Trinajstić information content (AvgIpc) is 2.78. The summed E-state index contributed by atoms with van der Waals surface area (Å²) in [5.74, 6) is -9.59. The first-order chi connectivity index (χ1) is 18.1. The zero-order valence-electron chi connectivity index (χ0n) is 22.9. The van der Waals surface area contributed by atoms with Gasteiger partial charge in [-0.1, -0.05) is 0 Å². The summed E-state index contributed by atoms with van der Waals surface area (Å²) in [5, 5.41) is 71.6. The molecule has 0 radical (unpaired) electrons. The van der Waals surface area contributed by atoms with Crippen molar-refractivity contribution in [2.45, 2.75) is 40.5 Å². The molecule has 0 aromatic heterocycles. The van der Waals surface area contributed by atoms with E-state index in [1.807, 2.05) is 0 Å². The second kappa shape index (κ2) is 30.7. The van der Waals surface area contributed by atoms with Gasteiger partial charge >= 0.3 is 58.0 Å². The van der Waals surface area contributed by atoms with Gasteiger partial charge in [0.25, 0.3) is 23.9 Å². The van der Waals surface area contributed by atoms with Crippen molar-refractivity contribution in [1.82, 2.24) is 0 Å². The van der Waals surface area contributed by atoms with Crippen molar-refractivity contribution in [3.8, 4) is 0 Å². The van der Waals surface area contributed by atoms with E-state index in [1.54, 1.807) is 0 Å². The molecule has 0 amide bonds. The Kier molecular flexibility index (Phi) is 37.6. The van der Waals surface area contributed by atoms with Crippen LogP contribution in [0.2, 0.25) is 0 Å². The fourth-order valence-corrected chi connectivity index (χ4v) is 2.47. The molecule has 2 saturated heterocycles. The van der Waals surface area contributed by atoms with Crippen LogP contribution >= 0.6 is 0 Å². The van der Waals surface area contributed by atoms with E-state index < -0.39 is 71.4 Å². The Balaban J connectivity index is -0.000000100. The van der Waals surface area contributed by atoms with E-state index in [9.17, 15) is 19.2 Å². The molecule has 2 rings (SSSR count). The van der Waals surface area contributed by atoms with E-state index in [1.165, 1.54) is 0 Å². The summed E-state index contributed by atoms with van der Waals surface area (Å²) < 4.78 is 0. The Labute approximate surface area is 261 Å². The maximum Gasteiger partial charge on any atom is 1.00 e. The molecule has 4 atom stereocenters. The van der Waals surface area contributed by atoms with Gasteiger partial charge in [0.05, 0.1) is 0 Å². The van der Waals surface area contributed by atoms with Crippen molar-refractivity contribution in [1.29, 1.82) is 0 Å². The van der Waals surface area contributed by atoms with Crippen LogP contribution in [0.25, 0.3) is 10.6 Å². The predicted octanol–water partition coefficient (Wildman–Crippen LogP) is 0.689. The molecule has 0 saturated carbocycles. The third-order valence-electron chi connectivity index (χ3n) is 3.93. The number of hydrogen-bond donors (Lipinski definition) is 8. The van der Waals surface area contributed by atoms with Crippen LogP contribution in [0.5, 0.6) is 0 Å². The quantitative estimate of drug-likeness (QED) is 0.186. The Morgan fingerprint density at radius 2 is 0.524 bits per heavy atom. The second-order valence-corrected chi connectivity index (χ2v) is 7.87. The molecule has 0 aliphatic carbocycles. The number of carbonyl (C=O) groups is 8. The number of carboxylic acids is 8. The molecule has 8 N–H and O–H groups in total. The predicted molar refractivity (Wildman–Crippen MR) is 133 cm³/mol. The first kappa shape index (κ1) is 51.5. The van der Waals surface area contributed by atoms with E-state index in [4.69, 9.17) is 60.0 Å². The third-order valence-corrected chi connectivity index (χ3v) is 3.93. The van der Waals surface area contributed by atoms with E-state index in [0.29, 0.717) is 0 Å². The van der Waals surface area contributed by atoms with Crippen LogP contribution in [-0.2, 0) is 72.5 Å². The molecular weight excluding hydrogens is 675 g/mol. The Morgan fingerprint density at radius 1 is 0.405 bits per heavy atom. The minimum atomic E-state index is -0.954. The largest absolute Gasteiger partial charge is 1.00 e. The zero-order chi connectivity index (χ0) is 32.6. The van der Waals surface area contributed by atoms with Crippen LogP contribution in [-0.4, -0.2) is 115 Å². The summed E-state index contributed by atoms with van der Waals surface area (Å²) in [6.45, 7) is 5.33. The fraction of sp³-hybridized carbons (Fsp3) is 0.636. The summed E-state index contributed by atoms with van der Waals surface area (Å²) in [6.07, 6.45) is 0.405. The van der Waals surface area contributed by atoms with E-state index in [-0.39, 0.29) is 73.2 Å². The molecule has 252 valence electrons. The number of piperidine rings is 2. The minimum absolute atomic E-state index is 0. The van der Waals surface area contributed by atoms with Gasteiger partial charge in [-0.25, -0.2) is 0 Å². The van der Waals surface area contributed by atoms with Crippen molar-refractivity contribution in [2.75, 3.05) is 26.2 Å². The first-order valence-electron chi connectivity index (χ1n) is 11.1. The topological polar surface area (TPSA) is 327 Å². The smallest absolute Gasteiger partial charge is 0.661 e. The van der Waals surface area contributed by atoms with E-state index in [2.05, 4.69) is 10.6 Å². The van der Waals surface area contributed by atoms with Crippen molar-refractivity contribution >= 4 is 47.8 Å². The van der Waals surface area contributed by atoms with Crippen molar-refractivity contribution in [3.63, 3.8) is 0 Å². The number of rotatable bonds is 4. The first-order valence-corrected chi connectivity index (χ1v) is 11.1. The van der Waals surface area contributed by atoms with Crippen LogP contribution in [0.15, 0.2) is 0 Å². The molecule has 2 aliphatic heterocycles. The monoisotopic (exact) mass is 710 g/mol. The Bertz CT molecular complexity index is 708. The van der Waals surface area contributed by atoms with Crippen molar-refractivity contribution in [2.24, 2.45) is 23.7 Å². The molecule has 2 fully saturated rings. The molecule has 2 heterocycles. The minimum Gasteiger partial charge on any atom is -0.661 e. The van der Waals surface area contributed by atoms with Crippen LogP contribution in [0, 0.1) is 23.7 Å². The SMILES string of the molecule is CC(=O)O.CC(=O)O.CC(=O)O.CC(=O)O.O=C(O)C1C[N-]CC(C(=O)O)C1.O=C(O)C1C[N-]CC(C(=O)O)C1.[Cu+].[Cu+]. The standard InChI is InChI=1S/2C7H10NO4.4C2H4O2.2Cu/c2*9-6(10)4-1-5(7(11)12)3-8-2-4;4*1-2(3)4;;/h2*4-5H,1-3H2,(H,9,10)(H,11,12);4*1H3,(H,3,4);;/q2*-1;;;;;2*+1. The summed E-state index contributed by atoms with van der Waals surface area (Å²) in [5.41, 5.74) is 0. The van der Waals surface area contributed by atoms with Gasteiger partial charge in [0, 0.05) is 51.4 Å². The third kappa shape index (κ3) is 43.8. The van der Waals surface area contributed by atoms with Gasteiger partial charge in [0.2, 0.25) is 0 Å². The Morgan fingerprint density at radius 3 is 0.619 bits per heavy atom. The summed E-state index contributed by atoms with van der Waals surface area (Å²) in [4.78, 5) is 77.9. The number of aliphatic carboxylic acids is 8. The van der Waals surface area contributed by atoms with Gasteiger partial charge in [0.1, 0.15) is 0 Å². The zero-order valence-corrected chi connectivity index (χ0v) is 24.8. The molecule has 4 unspecified atom stereocenters. The fourth-order valence-electron chi connectivity index (χ4n) is 2.47.